The van der Waals surface area contributed by atoms with E-state index >= 15 is 0 Å². The van der Waals surface area contributed by atoms with Gasteiger partial charge in [-0.3, -0.25) is 14.4 Å². The largest absolute Gasteiger partial charge is 0.493 e. The Morgan fingerprint density at radius 1 is 0.767 bits per heavy atom. The molecular formula is C34H33N3O5S. The topological polar surface area (TPSA) is 106 Å². The number of hydrogen-bond acceptors (Lipinski definition) is 6. The molecule has 9 heteroatoms. The third-order valence-corrected chi connectivity index (χ3v) is 7.50. The summed E-state index contributed by atoms with van der Waals surface area (Å²) in [5, 5.41) is 8.55. The van der Waals surface area contributed by atoms with Crippen LogP contribution in [0.25, 0.3) is 6.08 Å². The average Bonchev–Trinajstić information content (AvgIpc) is 3.02. The molecule has 220 valence electrons. The first-order valence-electron chi connectivity index (χ1n) is 13.5. The van der Waals surface area contributed by atoms with Crippen LogP contribution in [0.3, 0.4) is 0 Å². The molecule has 0 spiro atoms. The van der Waals surface area contributed by atoms with Gasteiger partial charge in [-0.2, -0.15) is 0 Å². The lowest BCUT2D eigenvalue weighted by Crippen LogP contribution is -2.30. The highest BCUT2D eigenvalue weighted by molar-refractivity contribution is 8.00. The van der Waals surface area contributed by atoms with Gasteiger partial charge in [0.2, 0.25) is 5.91 Å². The minimum absolute atomic E-state index is 0.0158. The molecule has 0 saturated heterocycles. The van der Waals surface area contributed by atoms with Gasteiger partial charge in [0.15, 0.2) is 11.5 Å². The van der Waals surface area contributed by atoms with Gasteiger partial charge < -0.3 is 25.4 Å². The summed E-state index contributed by atoms with van der Waals surface area (Å²) in [7, 11) is 3.03. The smallest absolute Gasteiger partial charge is 0.272 e. The maximum atomic E-state index is 13.4. The zero-order valence-corrected chi connectivity index (χ0v) is 25.2. The molecule has 0 fully saturated rings. The fourth-order valence-corrected chi connectivity index (χ4v) is 4.99. The van der Waals surface area contributed by atoms with Crippen molar-refractivity contribution in [1.29, 1.82) is 0 Å². The summed E-state index contributed by atoms with van der Waals surface area (Å²) in [5.74, 6) is 0.0859. The highest BCUT2D eigenvalue weighted by Crippen LogP contribution is 2.32. The average molecular weight is 596 g/mol. The Morgan fingerprint density at radius 2 is 1.44 bits per heavy atom. The van der Waals surface area contributed by atoms with E-state index in [-0.39, 0.29) is 17.4 Å². The van der Waals surface area contributed by atoms with Gasteiger partial charge in [0.1, 0.15) is 5.70 Å². The molecule has 3 amide bonds. The summed E-state index contributed by atoms with van der Waals surface area (Å²) in [6, 6.07) is 26.9. The second-order valence-corrected chi connectivity index (χ2v) is 10.6. The number of hydrogen-bond donors (Lipinski definition) is 3. The zero-order valence-electron chi connectivity index (χ0n) is 24.4. The van der Waals surface area contributed by atoms with Crippen molar-refractivity contribution in [2.45, 2.75) is 18.7 Å². The molecule has 0 aliphatic heterocycles. The van der Waals surface area contributed by atoms with Gasteiger partial charge in [0, 0.05) is 27.4 Å². The molecule has 0 atom stereocenters. The van der Waals surface area contributed by atoms with E-state index in [1.54, 1.807) is 60.7 Å². The molecule has 3 N–H and O–H groups in total. The molecule has 0 heterocycles. The summed E-state index contributed by atoms with van der Waals surface area (Å²) in [6.07, 6.45) is 1.54. The van der Waals surface area contributed by atoms with Gasteiger partial charge in [-0.25, -0.2) is 0 Å². The number of anilines is 2. The Labute approximate surface area is 255 Å². The van der Waals surface area contributed by atoms with Gasteiger partial charge in [0.25, 0.3) is 11.8 Å². The molecular weight excluding hydrogens is 562 g/mol. The number of amides is 3. The summed E-state index contributed by atoms with van der Waals surface area (Å²) in [4.78, 5) is 39.8. The van der Waals surface area contributed by atoms with Crippen molar-refractivity contribution in [1.82, 2.24) is 5.32 Å². The van der Waals surface area contributed by atoms with Crippen molar-refractivity contribution in [2.75, 3.05) is 30.6 Å². The number of aryl methyl sites for hydroxylation is 2. The number of rotatable bonds is 11. The maximum absolute atomic E-state index is 13.4. The number of carbonyl (C=O) groups is 3. The van der Waals surface area contributed by atoms with Gasteiger partial charge in [0.05, 0.1) is 20.0 Å². The number of ether oxygens (including phenoxy) is 2. The third-order valence-electron chi connectivity index (χ3n) is 6.49. The van der Waals surface area contributed by atoms with Gasteiger partial charge >= 0.3 is 0 Å². The molecule has 4 aromatic carbocycles. The molecule has 4 aromatic rings. The van der Waals surface area contributed by atoms with E-state index in [1.165, 1.54) is 32.1 Å². The fraction of sp³-hybridized carbons (Fsp3) is 0.147. The number of nitrogens with one attached hydrogen (secondary N) is 3. The summed E-state index contributed by atoms with van der Waals surface area (Å²) in [5.41, 5.74) is 4.34. The molecule has 0 unspecified atom stereocenters. The number of benzene rings is 4. The fourth-order valence-electron chi connectivity index (χ4n) is 4.29. The molecule has 8 nitrogen and oxygen atoms in total. The number of methoxy groups -OCH3 is 2. The lowest BCUT2D eigenvalue weighted by atomic mass is 10.1. The van der Waals surface area contributed by atoms with Gasteiger partial charge in [-0.1, -0.05) is 48.5 Å². The molecule has 0 aromatic heterocycles. The Kier molecular flexibility index (Phi) is 10.6. The third kappa shape index (κ3) is 8.27. The van der Waals surface area contributed by atoms with E-state index in [1.807, 2.05) is 44.2 Å². The molecule has 0 saturated carbocycles. The monoisotopic (exact) mass is 595 g/mol. The van der Waals surface area contributed by atoms with Crippen LogP contribution in [-0.2, 0) is 9.59 Å². The van der Waals surface area contributed by atoms with E-state index < -0.39 is 11.8 Å². The second-order valence-electron chi connectivity index (χ2n) is 9.54. The first-order valence-corrected chi connectivity index (χ1v) is 14.5. The normalized spacial score (nSPS) is 10.9. The zero-order chi connectivity index (χ0) is 30.8. The van der Waals surface area contributed by atoms with Crippen LogP contribution in [0.1, 0.15) is 27.0 Å². The number of thioether (sulfide) groups is 1. The summed E-state index contributed by atoms with van der Waals surface area (Å²) < 4.78 is 10.9. The van der Waals surface area contributed by atoms with Gasteiger partial charge in [-0.05, 0) is 73.5 Å². The van der Waals surface area contributed by atoms with E-state index in [4.69, 9.17) is 9.47 Å². The molecule has 0 aliphatic carbocycles. The van der Waals surface area contributed by atoms with Crippen LogP contribution in [0.5, 0.6) is 11.5 Å². The van der Waals surface area contributed by atoms with Crippen molar-refractivity contribution in [2.24, 2.45) is 0 Å². The van der Waals surface area contributed by atoms with E-state index in [0.29, 0.717) is 28.3 Å². The Hall–Kier alpha value is -5.02. The Bertz CT molecular complexity index is 1620. The quantitative estimate of drug-likeness (QED) is 0.136. The highest BCUT2D eigenvalue weighted by atomic mass is 32.2. The lowest BCUT2D eigenvalue weighted by Gasteiger charge is -2.14. The van der Waals surface area contributed by atoms with Crippen LogP contribution in [-0.4, -0.2) is 37.7 Å². The minimum Gasteiger partial charge on any atom is -0.493 e. The van der Waals surface area contributed by atoms with Crippen molar-refractivity contribution in [3.8, 4) is 11.5 Å². The van der Waals surface area contributed by atoms with E-state index in [2.05, 4.69) is 16.0 Å². The standard InChI is InChI=1S/C34H33N3O5S/c1-22-10-8-11-23(2)31(22)37-30(38)21-43-27-18-16-26(17-19-27)35-34(40)28(36-33(39)24-12-6-5-7-13-24)20-25-14-9-15-29(41-3)32(25)42-4/h5-20H,21H2,1-4H3,(H,35,40)(H,36,39)(H,37,38)/b28-20-. The van der Waals surface area contributed by atoms with Crippen molar-refractivity contribution < 1.29 is 23.9 Å². The lowest BCUT2D eigenvalue weighted by molar-refractivity contribution is -0.114. The molecule has 43 heavy (non-hydrogen) atoms. The van der Waals surface area contributed by atoms with Crippen LogP contribution >= 0.6 is 11.8 Å². The van der Waals surface area contributed by atoms with Crippen molar-refractivity contribution in [3.63, 3.8) is 0 Å². The van der Waals surface area contributed by atoms with Crippen LogP contribution in [0, 0.1) is 13.8 Å². The Balaban J connectivity index is 1.47. The predicted molar refractivity (Wildman–Crippen MR) is 172 cm³/mol. The van der Waals surface area contributed by atoms with Crippen molar-refractivity contribution in [3.05, 3.63) is 119 Å². The Morgan fingerprint density at radius 3 is 2.09 bits per heavy atom. The van der Waals surface area contributed by atoms with Crippen LogP contribution < -0.4 is 25.4 Å². The van der Waals surface area contributed by atoms with Crippen LogP contribution in [0.15, 0.2) is 102 Å². The summed E-state index contributed by atoms with van der Waals surface area (Å²) >= 11 is 1.39. The number of para-hydroxylation sites is 2. The van der Waals surface area contributed by atoms with Crippen LogP contribution in [0.4, 0.5) is 11.4 Å². The predicted octanol–water partition coefficient (Wildman–Crippen LogP) is 6.46. The SMILES string of the molecule is COc1cccc(/C=C(\NC(=O)c2ccccc2)C(=O)Nc2ccc(SCC(=O)Nc3c(C)cccc3C)cc2)c1OC. The molecule has 4 rings (SSSR count). The first-order chi connectivity index (χ1) is 20.8. The van der Waals surface area contributed by atoms with E-state index in [0.717, 1.165) is 21.7 Å². The molecule has 0 aliphatic rings. The second kappa shape index (κ2) is 14.7. The maximum Gasteiger partial charge on any atom is 0.272 e. The van der Waals surface area contributed by atoms with E-state index in [9.17, 15) is 14.4 Å². The summed E-state index contributed by atoms with van der Waals surface area (Å²) in [6.45, 7) is 3.92. The van der Waals surface area contributed by atoms with Gasteiger partial charge in [-0.15, -0.1) is 11.8 Å². The first kappa shape index (κ1) is 30.9. The number of carbonyl (C=O) groups excluding carboxylic acids is 3. The minimum atomic E-state index is -0.525. The van der Waals surface area contributed by atoms with Crippen LogP contribution in [0.2, 0.25) is 0 Å². The highest BCUT2D eigenvalue weighted by Gasteiger charge is 2.17. The molecule has 0 radical (unpaired) electrons. The molecule has 0 bridgehead atoms. The van der Waals surface area contributed by atoms with Crippen molar-refractivity contribution >= 4 is 46.9 Å².